The number of likely N-dealkylation sites (N-methyl/N-ethyl adjacent to an activating group) is 1. The monoisotopic (exact) mass is 757 g/mol. The first-order valence-electron chi connectivity index (χ1n) is 18.7. The van der Waals surface area contributed by atoms with Crippen molar-refractivity contribution in [1.29, 1.82) is 0 Å². The summed E-state index contributed by atoms with van der Waals surface area (Å²) in [4.78, 5) is 38.8. The van der Waals surface area contributed by atoms with Crippen LogP contribution in [0.2, 0.25) is 0 Å². The van der Waals surface area contributed by atoms with Crippen molar-refractivity contribution in [2.45, 2.75) is 165 Å². The minimum atomic E-state index is -1.47. The molecule has 0 aromatic carbocycles. The van der Waals surface area contributed by atoms with Gasteiger partial charge in [0, 0.05) is 32.8 Å². The highest BCUT2D eigenvalue weighted by atomic mass is 16.7. The van der Waals surface area contributed by atoms with Gasteiger partial charge in [-0.3, -0.25) is 9.59 Å². The molecule has 0 saturated carbocycles. The highest BCUT2D eigenvalue weighted by Gasteiger charge is 2.52. The second-order valence-electron chi connectivity index (χ2n) is 15.1. The molecule has 3 heterocycles. The largest absolute Gasteiger partial charge is 0.462 e. The van der Waals surface area contributed by atoms with E-state index in [4.69, 9.17) is 33.2 Å². The Morgan fingerprint density at radius 1 is 1.04 bits per heavy atom. The summed E-state index contributed by atoms with van der Waals surface area (Å²) in [7, 11) is 4.85. The lowest BCUT2D eigenvalue weighted by atomic mass is 9.82. The van der Waals surface area contributed by atoms with Crippen molar-refractivity contribution in [3.63, 3.8) is 0 Å². The van der Waals surface area contributed by atoms with Crippen LogP contribution in [0.4, 0.5) is 0 Å². The van der Waals surface area contributed by atoms with Crippen molar-refractivity contribution in [2.75, 3.05) is 21.2 Å². The molecular weight excluding hydrogens is 694 g/mol. The molecule has 0 aliphatic carbocycles. The molecule has 0 radical (unpaired) electrons. The minimum Gasteiger partial charge on any atom is -0.462 e. The number of aliphatic hydroxyl groups excluding tert-OH is 3. The predicted octanol–water partition coefficient (Wildman–Crippen LogP) is 1.81. The molecule has 3 aliphatic heterocycles. The first-order valence-corrected chi connectivity index (χ1v) is 18.7. The summed E-state index contributed by atoms with van der Waals surface area (Å²) in [6.45, 7) is 10.2. The van der Waals surface area contributed by atoms with E-state index in [1.807, 2.05) is 13.0 Å². The highest BCUT2D eigenvalue weighted by molar-refractivity contribution is 5.70. The number of nitrogens with zero attached hydrogens (tertiary/aromatic N) is 1. The number of rotatable bonds is 10. The topological polar surface area (TPSA) is 200 Å². The van der Waals surface area contributed by atoms with Crippen molar-refractivity contribution in [3.8, 4) is 0 Å². The van der Waals surface area contributed by atoms with E-state index >= 15 is 0 Å². The van der Waals surface area contributed by atoms with E-state index < -0.39 is 110 Å². The summed E-state index contributed by atoms with van der Waals surface area (Å²) in [6, 6.07) is -0.750. The molecule has 15 nitrogen and oxygen atoms in total. The normalized spacial score (nSPS) is 43.4. The zero-order chi connectivity index (χ0) is 39.6. The third kappa shape index (κ3) is 12.3. The Labute approximate surface area is 313 Å². The highest BCUT2D eigenvalue weighted by Crippen LogP contribution is 2.37. The summed E-state index contributed by atoms with van der Waals surface area (Å²) in [5.41, 5.74) is -1.47. The van der Waals surface area contributed by atoms with Crippen LogP contribution in [-0.2, 0) is 47.5 Å². The number of aldehydes is 1. The number of ether oxygens (including phenoxy) is 7. The number of cyclic esters (lactones) is 1. The second kappa shape index (κ2) is 20.6. The van der Waals surface area contributed by atoms with E-state index in [0.717, 1.165) is 0 Å². The molecule has 0 aromatic rings. The molecule has 2 saturated heterocycles. The molecule has 0 amide bonds. The standard InChI is InChI=1S/C38H63NO14/c1-10-28(43)51-36-24(5)49-30(20-38(36,6)46)52-33-23(4)50-37(32(45)31(33)39(7)8)53-34-25(16-17-40)18-21(2)26(41)15-13-11-12-14-22(3)48-29(44)19-27(42)35(34)47-9/h11-13,15,17,21-27,30-37,41-42,45-46H,10,14,16,18-20H2,1-9H3/b12-11+,15-13+/t21-,22-,23-,24+,25+,26+,27+,30+,31-,32-,33-,34+,35+,36+,37?,38-/m1/s1. The lowest BCUT2D eigenvalue weighted by molar-refractivity contribution is -0.344. The molecule has 3 rings (SSSR count). The molecule has 3 aliphatic rings. The number of esters is 2. The summed E-state index contributed by atoms with van der Waals surface area (Å²) < 4.78 is 42.1. The van der Waals surface area contributed by atoms with Gasteiger partial charge >= 0.3 is 11.9 Å². The Kier molecular flexibility index (Phi) is 17.5. The minimum absolute atomic E-state index is 0.0298. The van der Waals surface area contributed by atoms with Crippen LogP contribution >= 0.6 is 0 Å². The van der Waals surface area contributed by atoms with Crippen molar-refractivity contribution in [1.82, 2.24) is 4.90 Å². The van der Waals surface area contributed by atoms with Crippen LogP contribution in [0, 0.1) is 11.8 Å². The number of hydrogen-bond acceptors (Lipinski definition) is 15. The fraction of sp³-hybridized carbons (Fsp3) is 0.816. The van der Waals surface area contributed by atoms with Crippen LogP contribution in [0.5, 0.6) is 0 Å². The third-order valence-corrected chi connectivity index (χ3v) is 10.3. The Morgan fingerprint density at radius 3 is 2.34 bits per heavy atom. The van der Waals surface area contributed by atoms with Crippen LogP contribution in [0.15, 0.2) is 24.3 Å². The van der Waals surface area contributed by atoms with Gasteiger partial charge in [-0.05, 0) is 60.0 Å². The van der Waals surface area contributed by atoms with Gasteiger partial charge in [-0.1, -0.05) is 38.2 Å². The molecule has 0 spiro atoms. The van der Waals surface area contributed by atoms with E-state index in [2.05, 4.69) is 0 Å². The first kappa shape index (κ1) is 45.1. The Morgan fingerprint density at radius 2 is 1.74 bits per heavy atom. The van der Waals surface area contributed by atoms with Crippen LogP contribution in [-0.4, -0.2) is 150 Å². The number of allylic oxidation sites excluding steroid dienone is 2. The molecular formula is C38H63NO14. The summed E-state index contributed by atoms with van der Waals surface area (Å²) in [6.07, 6.45) is -3.93. The van der Waals surface area contributed by atoms with Crippen LogP contribution < -0.4 is 0 Å². The maximum atomic E-state index is 12.9. The van der Waals surface area contributed by atoms with E-state index in [1.54, 1.807) is 71.8 Å². The fourth-order valence-electron chi connectivity index (χ4n) is 7.48. The van der Waals surface area contributed by atoms with Gasteiger partial charge < -0.3 is 63.3 Å². The quantitative estimate of drug-likeness (QED) is 0.186. The van der Waals surface area contributed by atoms with Crippen molar-refractivity contribution < 1.29 is 68.0 Å². The maximum absolute atomic E-state index is 12.9. The zero-order valence-corrected chi connectivity index (χ0v) is 32.6. The Hall–Kier alpha value is -2.31. The van der Waals surface area contributed by atoms with Gasteiger partial charge in [0.2, 0.25) is 0 Å². The number of methoxy groups -OCH3 is 1. The van der Waals surface area contributed by atoms with Crippen molar-refractivity contribution in [3.05, 3.63) is 24.3 Å². The van der Waals surface area contributed by atoms with Crippen LogP contribution in [0.1, 0.15) is 80.1 Å². The lowest BCUT2D eigenvalue weighted by Crippen LogP contribution is -2.66. The zero-order valence-electron chi connectivity index (χ0n) is 32.6. The van der Waals surface area contributed by atoms with Crippen molar-refractivity contribution >= 4 is 18.2 Å². The average molecular weight is 758 g/mol. The second-order valence-corrected chi connectivity index (χ2v) is 15.1. The van der Waals surface area contributed by atoms with Gasteiger partial charge in [-0.15, -0.1) is 0 Å². The Bertz CT molecular complexity index is 1230. The van der Waals surface area contributed by atoms with Gasteiger partial charge in [-0.2, -0.15) is 0 Å². The molecule has 0 bridgehead atoms. The number of hydrogen-bond donors (Lipinski definition) is 4. The summed E-state index contributed by atoms with van der Waals surface area (Å²) >= 11 is 0. The van der Waals surface area contributed by atoms with E-state index in [-0.39, 0.29) is 31.6 Å². The van der Waals surface area contributed by atoms with Gasteiger partial charge in [0.15, 0.2) is 18.7 Å². The van der Waals surface area contributed by atoms with Gasteiger partial charge in [0.05, 0.1) is 43.0 Å². The van der Waals surface area contributed by atoms with Gasteiger partial charge in [0.25, 0.3) is 0 Å². The molecule has 16 atom stereocenters. The van der Waals surface area contributed by atoms with Crippen LogP contribution in [0.25, 0.3) is 0 Å². The maximum Gasteiger partial charge on any atom is 0.308 e. The number of carbonyl (C=O) groups is 3. The van der Waals surface area contributed by atoms with E-state index in [1.165, 1.54) is 7.11 Å². The number of aliphatic hydroxyl groups is 4. The predicted molar refractivity (Wildman–Crippen MR) is 191 cm³/mol. The molecule has 53 heavy (non-hydrogen) atoms. The molecule has 2 fully saturated rings. The molecule has 0 aromatic heterocycles. The first-order chi connectivity index (χ1) is 24.9. The molecule has 304 valence electrons. The number of carbonyl (C=O) groups excluding carboxylic acids is 3. The SMILES string of the molecule is CCC(=O)O[C@H]1[C@H](C)O[C@@H](O[C@H]2[C@H](N(C)C)[C@@H](O)C(O[C@H]3[C@@H](CC=O)C[C@@H](C)[C@@H](O)/C=C/C=C/C[C@@H](C)OC(=O)C[C@H](O)[C@@H]3OC)O[C@@H]2C)C[C@@]1(C)O. The van der Waals surface area contributed by atoms with E-state index in [0.29, 0.717) is 12.7 Å². The van der Waals surface area contributed by atoms with Gasteiger partial charge in [-0.25, -0.2) is 0 Å². The molecule has 15 heteroatoms. The van der Waals surface area contributed by atoms with Crippen molar-refractivity contribution in [2.24, 2.45) is 11.8 Å². The van der Waals surface area contributed by atoms with Crippen LogP contribution in [0.3, 0.4) is 0 Å². The third-order valence-electron chi connectivity index (χ3n) is 10.3. The fourth-order valence-corrected chi connectivity index (χ4v) is 7.48. The Balaban J connectivity index is 1.92. The molecule has 4 N–H and O–H groups in total. The molecule has 1 unspecified atom stereocenters. The summed E-state index contributed by atoms with van der Waals surface area (Å²) in [5.74, 6) is -2.14. The lowest BCUT2D eigenvalue weighted by Gasteiger charge is -2.50. The average Bonchev–Trinajstić information content (AvgIpc) is 3.06. The summed E-state index contributed by atoms with van der Waals surface area (Å²) in [5, 5.41) is 45.5. The van der Waals surface area contributed by atoms with Gasteiger partial charge in [0.1, 0.15) is 36.3 Å². The smallest absolute Gasteiger partial charge is 0.308 e. The van der Waals surface area contributed by atoms with E-state index in [9.17, 15) is 34.8 Å².